The van der Waals surface area contributed by atoms with Crippen molar-refractivity contribution in [2.45, 2.75) is 20.8 Å². The average Bonchev–Trinajstić information content (AvgIpc) is 2.69. The Bertz CT molecular complexity index is 858. The summed E-state index contributed by atoms with van der Waals surface area (Å²) in [6.45, 7) is 5.95. The first kappa shape index (κ1) is 21.9. The fraction of sp³-hybridized carbons (Fsp3) is 0.318. The zero-order valence-corrected chi connectivity index (χ0v) is 17.2. The second-order valence-corrected chi connectivity index (χ2v) is 6.70. The van der Waals surface area contributed by atoms with Crippen molar-refractivity contribution in [1.82, 2.24) is 10.2 Å². The molecule has 2 aromatic carbocycles. The summed E-state index contributed by atoms with van der Waals surface area (Å²) in [5, 5.41) is 5.41. The number of para-hydroxylation sites is 1. The lowest BCUT2D eigenvalue weighted by Crippen LogP contribution is -2.41. The Labute approximate surface area is 171 Å². The van der Waals surface area contributed by atoms with E-state index in [-0.39, 0.29) is 30.8 Å². The quantitative estimate of drug-likeness (QED) is 0.717. The molecular weight excluding hydrogens is 370 g/mol. The van der Waals surface area contributed by atoms with Gasteiger partial charge in [-0.25, -0.2) is 0 Å². The molecular formula is C22H27N3O4. The lowest BCUT2D eigenvalue weighted by atomic mass is 10.1. The third-order valence-electron chi connectivity index (χ3n) is 4.38. The molecule has 0 bridgehead atoms. The second kappa shape index (κ2) is 10.3. The number of carbonyl (C=O) groups excluding carboxylic acids is 3. The number of anilines is 1. The Hall–Kier alpha value is -3.35. The number of nitrogens with one attached hydrogen (secondary N) is 2. The molecule has 154 valence electrons. The van der Waals surface area contributed by atoms with Crippen molar-refractivity contribution in [2.24, 2.45) is 0 Å². The number of hydrogen-bond acceptors (Lipinski definition) is 4. The van der Waals surface area contributed by atoms with Gasteiger partial charge in [0, 0.05) is 18.3 Å². The number of aryl methyl sites for hydroxylation is 2. The van der Waals surface area contributed by atoms with Crippen LogP contribution in [0.1, 0.15) is 28.4 Å². The van der Waals surface area contributed by atoms with E-state index in [1.807, 2.05) is 39.0 Å². The maximum Gasteiger partial charge on any atom is 0.251 e. The lowest BCUT2D eigenvalue weighted by Gasteiger charge is -2.18. The van der Waals surface area contributed by atoms with Gasteiger partial charge < -0.3 is 20.3 Å². The van der Waals surface area contributed by atoms with E-state index >= 15 is 0 Å². The van der Waals surface area contributed by atoms with Gasteiger partial charge in [-0.3, -0.25) is 14.4 Å². The maximum absolute atomic E-state index is 12.3. The van der Waals surface area contributed by atoms with E-state index in [1.165, 1.54) is 11.9 Å². The molecule has 0 saturated carbocycles. The summed E-state index contributed by atoms with van der Waals surface area (Å²) in [5.41, 5.74) is 3.09. The minimum Gasteiger partial charge on any atom is -0.494 e. The highest BCUT2D eigenvalue weighted by atomic mass is 16.5. The van der Waals surface area contributed by atoms with Crippen LogP contribution in [0.2, 0.25) is 0 Å². The Morgan fingerprint density at radius 2 is 1.62 bits per heavy atom. The van der Waals surface area contributed by atoms with Gasteiger partial charge in [-0.2, -0.15) is 0 Å². The Morgan fingerprint density at radius 3 is 2.21 bits per heavy atom. The Balaban J connectivity index is 1.83. The van der Waals surface area contributed by atoms with Gasteiger partial charge >= 0.3 is 0 Å². The number of amides is 3. The summed E-state index contributed by atoms with van der Waals surface area (Å²) in [5.74, 6) is -0.346. The molecule has 0 heterocycles. The largest absolute Gasteiger partial charge is 0.494 e. The van der Waals surface area contributed by atoms with Crippen molar-refractivity contribution in [3.63, 3.8) is 0 Å². The molecule has 0 aliphatic heterocycles. The first-order valence-corrected chi connectivity index (χ1v) is 9.43. The molecule has 0 aromatic heterocycles. The number of nitrogens with zero attached hydrogens (tertiary/aromatic N) is 1. The fourth-order valence-electron chi connectivity index (χ4n) is 2.76. The highest BCUT2D eigenvalue weighted by Gasteiger charge is 2.16. The molecule has 0 aliphatic rings. The Morgan fingerprint density at radius 1 is 1.00 bits per heavy atom. The predicted octanol–water partition coefficient (Wildman–Crippen LogP) is 2.53. The lowest BCUT2D eigenvalue weighted by molar-refractivity contribution is -0.132. The zero-order chi connectivity index (χ0) is 21.4. The molecule has 7 heteroatoms. The first-order chi connectivity index (χ1) is 13.8. The van der Waals surface area contributed by atoms with Crippen molar-refractivity contribution in [1.29, 1.82) is 0 Å². The van der Waals surface area contributed by atoms with Crippen molar-refractivity contribution in [3.8, 4) is 5.75 Å². The summed E-state index contributed by atoms with van der Waals surface area (Å²) in [4.78, 5) is 38.0. The summed E-state index contributed by atoms with van der Waals surface area (Å²) in [6, 6.07) is 12.4. The summed E-state index contributed by atoms with van der Waals surface area (Å²) in [7, 11) is 1.52. The monoisotopic (exact) mass is 397 g/mol. The molecule has 0 aliphatic carbocycles. The topological polar surface area (TPSA) is 87.7 Å². The highest BCUT2D eigenvalue weighted by molar-refractivity contribution is 5.98. The van der Waals surface area contributed by atoms with E-state index in [0.717, 1.165) is 16.8 Å². The van der Waals surface area contributed by atoms with E-state index in [0.29, 0.717) is 17.9 Å². The van der Waals surface area contributed by atoms with Crippen molar-refractivity contribution >= 4 is 23.4 Å². The van der Waals surface area contributed by atoms with Crippen LogP contribution in [0.5, 0.6) is 5.75 Å². The number of benzene rings is 2. The molecule has 29 heavy (non-hydrogen) atoms. The summed E-state index contributed by atoms with van der Waals surface area (Å²) >= 11 is 0. The number of ether oxygens (including phenoxy) is 1. The predicted molar refractivity (Wildman–Crippen MR) is 112 cm³/mol. The molecule has 2 N–H and O–H groups in total. The molecule has 0 saturated heterocycles. The van der Waals surface area contributed by atoms with Crippen molar-refractivity contribution in [2.75, 3.05) is 32.1 Å². The van der Waals surface area contributed by atoms with Gasteiger partial charge in [-0.15, -0.1) is 0 Å². The van der Waals surface area contributed by atoms with E-state index in [9.17, 15) is 14.4 Å². The van der Waals surface area contributed by atoms with Crippen LogP contribution < -0.4 is 15.4 Å². The van der Waals surface area contributed by atoms with Crippen LogP contribution in [0.4, 0.5) is 5.69 Å². The summed E-state index contributed by atoms with van der Waals surface area (Å²) in [6.07, 6.45) is 0. The standard InChI is InChI=1S/C22H27N3O4/c1-5-29-18-11-9-17(10-12-18)22(28)23-13-20(27)25(4)14-19(26)24-21-15(2)7-6-8-16(21)3/h6-12H,5,13-14H2,1-4H3,(H,23,28)(H,24,26). The van der Waals surface area contributed by atoms with Crippen LogP contribution in [-0.4, -0.2) is 49.4 Å². The van der Waals surface area contributed by atoms with E-state index in [4.69, 9.17) is 4.74 Å². The van der Waals surface area contributed by atoms with Gasteiger partial charge in [0.1, 0.15) is 5.75 Å². The maximum atomic E-state index is 12.3. The van der Waals surface area contributed by atoms with Crippen molar-refractivity contribution in [3.05, 3.63) is 59.2 Å². The molecule has 0 unspecified atom stereocenters. The summed E-state index contributed by atoms with van der Waals surface area (Å²) < 4.78 is 5.33. The second-order valence-electron chi connectivity index (χ2n) is 6.70. The van der Waals surface area contributed by atoms with Crippen LogP contribution in [-0.2, 0) is 9.59 Å². The number of likely N-dealkylation sites (N-methyl/N-ethyl adjacent to an activating group) is 1. The molecule has 3 amide bonds. The molecule has 0 spiro atoms. The normalized spacial score (nSPS) is 10.2. The zero-order valence-electron chi connectivity index (χ0n) is 17.2. The highest BCUT2D eigenvalue weighted by Crippen LogP contribution is 2.19. The van der Waals surface area contributed by atoms with Gasteiger partial charge in [0.15, 0.2) is 0 Å². The SMILES string of the molecule is CCOc1ccc(C(=O)NCC(=O)N(C)CC(=O)Nc2c(C)cccc2C)cc1. The Kier molecular flexibility index (Phi) is 7.77. The van der Waals surface area contributed by atoms with Crippen LogP contribution in [0, 0.1) is 13.8 Å². The third kappa shape index (κ3) is 6.34. The van der Waals surface area contributed by atoms with Crippen LogP contribution in [0.3, 0.4) is 0 Å². The van der Waals surface area contributed by atoms with Crippen LogP contribution in [0.25, 0.3) is 0 Å². The number of hydrogen-bond donors (Lipinski definition) is 2. The van der Waals surface area contributed by atoms with E-state index < -0.39 is 0 Å². The minimum absolute atomic E-state index is 0.106. The first-order valence-electron chi connectivity index (χ1n) is 9.43. The van der Waals surface area contributed by atoms with Gasteiger partial charge in [0.05, 0.1) is 19.7 Å². The molecule has 2 aromatic rings. The number of carbonyl (C=O) groups is 3. The minimum atomic E-state index is -0.366. The van der Waals surface area contributed by atoms with Crippen molar-refractivity contribution < 1.29 is 19.1 Å². The molecule has 2 rings (SSSR count). The van der Waals surface area contributed by atoms with Crippen LogP contribution in [0.15, 0.2) is 42.5 Å². The van der Waals surface area contributed by atoms with Gasteiger partial charge in [-0.05, 0) is 56.2 Å². The molecule has 0 fully saturated rings. The third-order valence-corrected chi connectivity index (χ3v) is 4.38. The van der Waals surface area contributed by atoms with Crippen LogP contribution >= 0.6 is 0 Å². The van der Waals surface area contributed by atoms with Gasteiger partial charge in [0.2, 0.25) is 11.8 Å². The van der Waals surface area contributed by atoms with Gasteiger partial charge in [-0.1, -0.05) is 18.2 Å². The van der Waals surface area contributed by atoms with E-state index in [2.05, 4.69) is 10.6 Å². The molecule has 7 nitrogen and oxygen atoms in total. The molecule has 0 radical (unpaired) electrons. The molecule has 0 atom stereocenters. The fourth-order valence-corrected chi connectivity index (χ4v) is 2.76. The number of rotatable bonds is 8. The smallest absolute Gasteiger partial charge is 0.251 e. The van der Waals surface area contributed by atoms with E-state index in [1.54, 1.807) is 24.3 Å². The van der Waals surface area contributed by atoms with Gasteiger partial charge in [0.25, 0.3) is 5.91 Å². The average molecular weight is 397 g/mol.